The second-order valence-corrected chi connectivity index (χ2v) is 6.20. The predicted molar refractivity (Wildman–Crippen MR) is 70.3 cm³/mol. The molecule has 1 aliphatic rings. The summed E-state index contributed by atoms with van der Waals surface area (Å²) in [5, 5.41) is 11.6. The molecule has 2 rings (SSSR count). The van der Waals surface area contributed by atoms with Crippen LogP contribution < -0.4 is 5.32 Å². The Morgan fingerprint density at radius 1 is 1.42 bits per heavy atom. The van der Waals surface area contributed by atoms with Crippen LogP contribution in [0, 0.1) is 0 Å². The maximum atomic E-state index is 12.3. The summed E-state index contributed by atoms with van der Waals surface area (Å²) in [6, 6.07) is 4.59. The van der Waals surface area contributed by atoms with Gasteiger partial charge in [-0.05, 0) is 23.8 Å². The lowest BCUT2D eigenvalue weighted by atomic mass is 10.2. The third kappa shape index (κ3) is 2.63. The first-order chi connectivity index (χ1) is 8.98. The molecule has 0 aromatic heterocycles. The molecule has 2 N–H and O–H groups in total. The normalized spacial score (nSPS) is 14.6. The Balaban J connectivity index is 2.37. The zero-order valence-electron chi connectivity index (χ0n) is 10.6. The fraction of sp³-hybridized carbons (Fsp3) is 0.417. The molecule has 1 amide bonds. The molecule has 0 radical (unpaired) electrons. The Bertz CT molecular complexity index is 598. The summed E-state index contributed by atoms with van der Waals surface area (Å²) >= 11 is 0. The molecule has 0 spiro atoms. The zero-order valence-corrected chi connectivity index (χ0v) is 11.4. The van der Waals surface area contributed by atoms with Crippen LogP contribution in [0.1, 0.15) is 12.5 Å². The van der Waals surface area contributed by atoms with Gasteiger partial charge in [-0.25, -0.2) is 8.42 Å². The van der Waals surface area contributed by atoms with E-state index in [1.807, 2.05) is 0 Å². The van der Waals surface area contributed by atoms with Gasteiger partial charge < -0.3 is 10.4 Å². The highest BCUT2D eigenvalue weighted by atomic mass is 32.2. The van der Waals surface area contributed by atoms with Gasteiger partial charge in [0, 0.05) is 18.8 Å². The molecule has 1 aliphatic heterocycles. The van der Waals surface area contributed by atoms with Crippen LogP contribution in [0.15, 0.2) is 23.1 Å². The molecule has 6 nitrogen and oxygen atoms in total. The number of rotatable bonds is 5. The minimum atomic E-state index is -3.62. The number of aliphatic hydroxyl groups is 1. The Hall–Kier alpha value is -1.44. The minimum Gasteiger partial charge on any atom is -0.395 e. The van der Waals surface area contributed by atoms with Gasteiger partial charge in [0.2, 0.25) is 15.9 Å². The van der Waals surface area contributed by atoms with Crippen molar-refractivity contribution in [3.63, 3.8) is 0 Å². The van der Waals surface area contributed by atoms with Crippen LogP contribution in [0.4, 0.5) is 5.69 Å². The van der Waals surface area contributed by atoms with Crippen molar-refractivity contribution in [2.24, 2.45) is 0 Å². The van der Waals surface area contributed by atoms with E-state index in [9.17, 15) is 13.2 Å². The number of nitrogens with zero attached hydrogens (tertiary/aromatic N) is 1. The van der Waals surface area contributed by atoms with Crippen LogP contribution >= 0.6 is 0 Å². The van der Waals surface area contributed by atoms with E-state index in [1.165, 1.54) is 16.4 Å². The van der Waals surface area contributed by atoms with E-state index in [0.717, 1.165) is 0 Å². The van der Waals surface area contributed by atoms with Gasteiger partial charge in [0.05, 0.1) is 17.9 Å². The van der Waals surface area contributed by atoms with E-state index >= 15 is 0 Å². The maximum Gasteiger partial charge on any atom is 0.243 e. The number of fused-ring (bicyclic) bond motifs is 1. The average molecular weight is 284 g/mol. The van der Waals surface area contributed by atoms with Crippen molar-refractivity contribution in [2.75, 3.05) is 25.0 Å². The van der Waals surface area contributed by atoms with Crippen LogP contribution in [0.3, 0.4) is 0 Å². The second-order valence-electron chi connectivity index (χ2n) is 4.26. The number of carbonyl (C=O) groups excluding carboxylic acids is 1. The molecule has 0 bridgehead atoms. The number of aliphatic hydroxyl groups excluding tert-OH is 1. The van der Waals surface area contributed by atoms with Gasteiger partial charge in [-0.15, -0.1) is 0 Å². The molecular formula is C12H16N2O4S. The molecule has 0 saturated heterocycles. The summed E-state index contributed by atoms with van der Waals surface area (Å²) in [7, 11) is -3.62. The zero-order chi connectivity index (χ0) is 14.0. The fourth-order valence-corrected chi connectivity index (χ4v) is 3.57. The van der Waals surface area contributed by atoms with Crippen molar-refractivity contribution in [1.82, 2.24) is 4.31 Å². The van der Waals surface area contributed by atoms with Gasteiger partial charge >= 0.3 is 0 Å². The van der Waals surface area contributed by atoms with Crippen molar-refractivity contribution >= 4 is 21.6 Å². The number of likely N-dealkylation sites (N-methyl/N-ethyl adjacent to an activating group) is 1. The van der Waals surface area contributed by atoms with Crippen molar-refractivity contribution in [3.8, 4) is 0 Å². The standard InChI is InChI=1S/C12H16N2O4S/c1-2-14(5-6-15)19(17,18)10-3-4-11-9(7-10)8-12(16)13-11/h3-4,7,15H,2,5-6,8H2,1H3,(H,13,16). The number of sulfonamides is 1. The third-order valence-corrected chi connectivity index (χ3v) is 5.01. The molecule has 1 aromatic rings. The van der Waals surface area contributed by atoms with E-state index in [2.05, 4.69) is 5.32 Å². The molecular weight excluding hydrogens is 268 g/mol. The smallest absolute Gasteiger partial charge is 0.243 e. The molecule has 104 valence electrons. The van der Waals surface area contributed by atoms with E-state index in [1.54, 1.807) is 13.0 Å². The molecule has 1 aromatic carbocycles. The highest BCUT2D eigenvalue weighted by Crippen LogP contribution is 2.27. The number of carbonyl (C=O) groups is 1. The molecule has 0 fully saturated rings. The van der Waals surface area contributed by atoms with Crippen LogP contribution in [0.5, 0.6) is 0 Å². The summed E-state index contributed by atoms with van der Waals surface area (Å²) in [5.74, 6) is -0.132. The predicted octanol–water partition coefficient (Wildman–Crippen LogP) is 0.184. The number of benzene rings is 1. The molecule has 0 atom stereocenters. The van der Waals surface area contributed by atoms with Gasteiger partial charge in [0.15, 0.2) is 0 Å². The van der Waals surface area contributed by atoms with Crippen LogP contribution in [0.25, 0.3) is 0 Å². The van der Waals surface area contributed by atoms with Crippen molar-refractivity contribution in [1.29, 1.82) is 0 Å². The maximum absolute atomic E-state index is 12.3. The summed E-state index contributed by atoms with van der Waals surface area (Å²) in [4.78, 5) is 11.4. The lowest BCUT2D eigenvalue weighted by Gasteiger charge is -2.19. The first-order valence-electron chi connectivity index (χ1n) is 6.03. The molecule has 19 heavy (non-hydrogen) atoms. The average Bonchev–Trinajstić information content (AvgIpc) is 2.74. The topological polar surface area (TPSA) is 86.7 Å². The van der Waals surface area contributed by atoms with Crippen molar-refractivity contribution < 1.29 is 18.3 Å². The van der Waals surface area contributed by atoms with Crippen LogP contribution in [-0.4, -0.2) is 43.4 Å². The third-order valence-electron chi connectivity index (χ3n) is 3.04. The largest absolute Gasteiger partial charge is 0.395 e. The van der Waals surface area contributed by atoms with Crippen LogP contribution in [0.2, 0.25) is 0 Å². The van der Waals surface area contributed by atoms with Gasteiger partial charge in [-0.1, -0.05) is 6.92 Å². The number of hydrogen-bond donors (Lipinski definition) is 2. The first-order valence-corrected chi connectivity index (χ1v) is 7.47. The highest BCUT2D eigenvalue weighted by Gasteiger charge is 2.25. The monoisotopic (exact) mass is 284 g/mol. The fourth-order valence-electron chi connectivity index (χ4n) is 2.07. The lowest BCUT2D eigenvalue weighted by molar-refractivity contribution is -0.115. The van der Waals surface area contributed by atoms with E-state index in [4.69, 9.17) is 5.11 Å². The van der Waals surface area contributed by atoms with Gasteiger partial charge in [0.25, 0.3) is 0 Å². The highest BCUT2D eigenvalue weighted by molar-refractivity contribution is 7.89. The molecule has 7 heteroatoms. The van der Waals surface area contributed by atoms with Crippen molar-refractivity contribution in [2.45, 2.75) is 18.2 Å². The number of nitrogens with one attached hydrogen (secondary N) is 1. The lowest BCUT2D eigenvalue weighted by Crippen LogP contribution is -2.33. The van der Waals surface area contributed by atoms with Gasteiger partial charge in [0.1, 0.15) is 0 Å². The SMILES string of the molecule is CCN(CCO)S(=O)(=O)c1ccc2c(c1)CC(=O)N2. The number of anilines is 1. The minimum absolute atomic E-state index is 0.0626. The van der Waals surface area contributed by atoms with Gasteiger partial charge in [-0.3, -0.25) is 4.79 Å². The molecule has 0 saturated carbocycles. The number of hydrogen-bond acceptors (Lipinski definition) is 4. The molecule has 0 unspecified atom stereocenters. The summed E-state index contributed by atoms with van der Waals surface area (Å²) in [6.45, 7) is 1.84. The second kappa shape index (κ2) is 5.28. The summed E-state index contributed by atoms with van der Waals surface area (Å²) in [6.07, 6.45) is 0.199. The summed E-state index contributed by atoms with van der Waals surface area (Å²) < 4.78 is 25.9. The quantitative estimate of drug-likeness (QED) is 0.808. The van der Waals surface area contributed by atoms with E-state index in [0.29, 0.717) is 11.3 Å². The van der Waals surface area contributed by atoms with Crippen LogP contribution in [-0.2, 0) is 21.2 Å². The van der Waals surface area contributed by atoms with Crippen molar-refractivity contribution in [3.05, 3.63) is 23.8 Å². The Labute approximate surface area is 112 Å². The van der Waals surface area contributed by atoms with Gasteiger partial charge in [-0.2, -0.15) is 4.31 Å². The summed E-state index contributed by atoms with van der Waals surface area (Å²) in [5.41, 5.74) is 1.35. The number of amides is 1. The Morgan fingerprint density at radius 2 is 2.16 bits per heavy atom. The van der Waals surface area contributed by atoms with E-state index < -0.39 is 10.0 Å². The first kappa shape index (κ1) is 14.0. The molecule has 1 heterocycles. The molecule has 0 aliphatic carbocycles. The Morgan fingerprint density at radius 3 is 2.79 bits per heavy atom. The Kier molecular flexibility index (Phi) is 3.88. The van der Waals surface area contributed by atoms with E-state index in [-0.39, 0.29) is 36.9 Å².